The van der Waals surface area contributed by atoms with Crippen LogP contribution in [0.5, 0.6) is 0 Å². The number of nitrogens with zero attached hydrogens (tertiary/aromatic N) is 1. The highest BCUT2D eigenvalue weighted by Gasteiger charge is 2.27. The number of alkyl halides is 3. The SMILES string of the molecule is CC1CNCC(C)CN(CCCC(F)(F)F)C1. The fraction of sp³-hybridized carbons (Fsp3) is 1.00. The molecule has 0 bridgehead atoms. The Morgan fingerprint density at radius 1 is 1.12 bits per heavy atom. The van der Waals surface area contributed by atoms with Gasteiger partial charge in [-0.1, -0.05) is 13.8 Å². The van der Waals surface area contributed by atoms with Crippen molar-refractivity contribution in [2.24, 2.45) is 11.8 Å². The zero-order valence-electron chi connectivity index (χ0n) is 10.7. The second-order valence-corrected chi connectivity index (χ2v) is 5.35. The third-order valence-electron chi connectivity index (χ3n) is 3.06. The summed E-state index contributed by atoms with van der Waals surface area (Å²) in [7, 11) is 0. The van der Waals surface area contributed by atoms with Gasteiger partial charge in [0.25, 0.3) is 0 Å². The van der Waals surface area contributed by atoms with E-state index in [1.165, 1.54) is 0 Å². The van der Waals surface area contributed by atoms with Crippen LogP contribution in [0, 0.1) is 11.8 Å². The predicted molar refractivity (Wildman–Crippen MR) is 62.9 cm³/mol. The average molecular weight is 252 g/mol. The Morgan fingerprint density at radius 2 is 1.65 bits per heavy atom. The van der Waals surface area contributed by atoms with E-state index in [9.17, 15) is 13.2 Å². The van der Waals surface area contributed by atoms with Crippen LogP contribution in [0.25, 0.3) is 0 Å². The van der Waals surface area contributed by atoms with E-state index < -0.39 is 12.6 Å². The lowest BCUT2D eigenvalue weighted by molar-refractivity contribution is -0.136. The molecule has 17 heavy (non-hydrogen) atoms. The standard InChI is InChI=1S/C12H23F3N2/c1-10-6-16-7-11(2)9-17(8-10)5-3-4-12(13,14)15/h10-11,16H,3-9H2,1-2H3. The molecule has 0 radical (unpaired) electrons. The fourth-order valence-corrected chi connectivity index (χ4v) is 2.35. The fourth-order valence-electron chi connectivity index (χ4n) is 2.35. The molecule has 0 saturated carbocycles. The van der Waals surface area contributed by atoms with Crippen LogP contribution in [0.2, 0.25) is 0 Å². The maximum absolute atomic E-state index is 12.1. The average Bonchev–Trinajstić information content (AvgIpc) is 2.12. The van der Waals surface area contributed by atoms with Gasteiger partial charge in [-0.15, -0.1) is 0 Å². The number of hydrogen-bond acceptors (Lipinski definition) is 2. The first-order chi connectivity index (χ1) is 7.87. The van der Waals surface area contributed by atoms with E-state index in [1.54, 1.807) is 0 Å². The first-order valence-corrected chi connectivity index (χ1v) is 6.36. The molecule has 1 aliphatic heterocycles. The minimum absolute atomic E-state index is 0.219. The molecule has 1 N–H and O–H groups in total. The largest absolute Gasteiger partial charge is 0.389 e. The van der Waals surface area contributed by atoms with Gasteiger partial charge in [0.15, 0.2) is 0 Å². The van der Waals surface area contributed by atoms with E-state index in [1.807, 2.05) is 0 Å². The Balaban J connectivity index is 2.32. The highest BCUT2D eigenvalue weighted by molar-refractivity contribution is 4.73. The van der Waals surface area contributed by atoms with Crippen molar-refractivity contribution in [3.8, 4) is 0 Å². The summed E-state index contributed by atoms with van der Waals surface area (Å²) in [5.41, 5.74) is 0. The van der Waals surface area contributed by atoms with Gasteiger partial charge in [0.05, 0.1) is 0 Å². The Morgan fingerprint density at radius 3 is 2.12 bits per heavy atom. The Bertz CT molecular complexity index is 206. The summed E-state index contributed by atoms with van der Waals surface area (Å²) in [6, 6.07) is 0. The van der Waals surface area contributed by atoms with Crippen LogP contribution in [0.15, 0.2) is 0 Å². The maximum Gasteiger partial charge on any atom is 0.389 e. The summed E-state index contributed by atoms with van der Waals surface area (Å²) >= 11 is 0. The molecular weight excluding hydrogens is 229 g/mol. The van der Waals surface area contributed by atoms with Crippen molar-refractivity contribution in [2.75, 3.05) is 32.7 Å². The summed E-state index contributed by atoms with van der Waals surface area (Å²) in [6.45, 7) is 8.55. The lowest BCUT2D eigenvalue weighted by Crippen LogP contribution is -2.43. The lowest BCUT2D eigenvalue weighted by atomic mass is 10.1. The quantitative estimate of drug-likeness (QED) is 0.830. The molecule has 1 rings (SSSR count). The highest BCUT2D eigenvalue weighted by atomic mass is 19.4. The summed E-state index contributed by atoms with van der Waals surface area (Å²) in [5.74, 6) is 1.02. The van der Waals surface area contributed by atoms with E-state index in [0.717, 1.165) is 26.2 Å². The molecule has 1 fully saturated rings. The minimum Gasteiger partial charge on any atom is -0.316 e. The molecule has 2 nitrogen and oxygen atoms in total. The van der Waals surface area contributed by atoms with Gasteiger partial charge in [0, 0.05) is 19.5 Å². The predicted octanol–water partition coefficient (Wildman–Crippen LogP) is 2.51. The molecule has 0 amide bonds. The van der Waals surface area contributed by atoms with Crippen molar-refractivity contribution >= 4 is 0 Å². The van der Waals surface area contributed by atoms with Gasteiger partial charge < -0.3 is 10.2 Å². The van der Waals surface area contributed by atoms with Gasteiger partial charge in [-0.25, -0.2) is 0 Å². The van der Waals surface area contributed by atoms with Crippen LogP contribution in [0.1, 0.15) is 26.7 Å². The molecule has 1 aliphatic rings. The molecule has 1 saturated heterocycles. The van der Waals surface area contributed by atoms with Crippen molar-refractivity contribution in [3.05, 3.63) is 0 Å². The molecule has 0 aliphatic carbocycles. The van der Waals surface area contributed by atoms with Crippen molar-refractivity contribution in [2.45, 2.75) is 32.9 Å². The number of halogens is 3. The molecule has 0 aromatic rings. The van der Waals surface area contributed by atoms with Crippen molar-refractivity contribution < 1.29 is 13.2 Å². The smallest absolute Gasteiger partial charge is 0.316 e. The third-order valence-corrected chi connectivity index (χ3v) is 3.06. The number of rotatable bonds is 3. The summed E-state index contributed by atoms with van der Waals surface area (Å²) < 4.78 is 36.2. The van der Waals surface area contributed by atoms with E-state index >= 15 is 0 Å². The summed E-state index contributed by atoms with van der Waals surface area (Å²) in [6.07, 6.45) is -4.46. The Hall–Kier alpha value is -0.290. The molecule has 2 atom stereocenters. The summed E-state index contributed by atoms with van der Waals surface area (Å²) in [5, 5.41) is 3.38. The van der Waals surface area contributed by atoms with Crippen LogP contribution in [-0.2, 0) is 0 Å². The monoisotopic (exact) mass is 252 g/mol. The molecule has 5 heteroatoms. The van der Waals surface area contributed by atoms with Crippen LogP contribution in [0.3, 0.4) is 0 Å². The number of nitrogens with one attached hydrogen (secondary N) is 1. The van der Waals surface area contributed by atoms with Crippen LogP contribution in [0.4, 0.5) is 13.2 Å². The van der Waals surface area contributed by atoms with Crippen molar-refractivity contribution in [1.29, 1.82) is 0 Å². The Labute approximate surface area is 102 Å². The van der Waals surface area contributed by atoms with Gasteiger partial charge >= 0.3 is 6.18 Å². The first kappa shape index (κ1) is 14.8. The van der Waals surface area contributed by atoms with E-state index in [0.29, 0.717) is 18.4 Å². The molecular formula is C12H23F3N2. The van der Waals surface area contributed by atoms with Gasteiger partial charge in [-0.2, -0.15) is 13.2 Å². The minimum atomic E-state index is -4.01. The van der Waals surface area contributed by atoms with E-state index in [4.69, 9.17) is 0 Å². The molecule has 1 heterocycles. The van der Waals surface area contributed by atoms with Gasteiger partial charge in [0.2, 0.25) is 0 Å². The molecule has 102 valence electrons. The molecule has 0 spiro atoms. The maximum atomic E-state index is 12.1. The third kappa shape index (κ3) is 6.88. The van der Waals surface area contributed by atoms with Crippen molar-refractivity contribution in [1.82, 2.24) is 10.2 Å². The van der Waals surface area contributed by atoms with Crippen LogP contribution < -0.4 is 5.32 Å². The topological polar surface area (TPSA) is 15.3 Å². The Kier molecular flexibility index (Phi) is 5.73. The molecule has 2 unspecified atom stereocenters. The zero-order chi connectivity index (χ0) is 12.9. The molecule has 0 aromatic carbocycles. The van der Waals surface area contributed by atoms with Crippen LogP contribution in [-0.4, -0.2) is 43.8 Å². The lowest BCUT2D eigenvalue weighted by Gasteiger charge is -2.31. The molecule has 0 aromatic heterocycles. The van der Waals surface area contributed by atoms with E-state index in [2.05, 4.69) is 24.1 Å². The van der Waals surface area contributed by atoms with Gasteiger partial charge in [0.1, 0.15) is 0 Å². The first-order valence-electron chi connectivity index (χ1n) is 6.36. The second kappa shape index (κ2) is 6.59. The van der Waals surface area contributed by atoms with Gasteiger partial charge in [-0.05, 0) is 37.9 Å². The zero-order valence-corrected chi connectivity index (χ0v) is 10.7. The van der Waals surface area contributed by atoms with E-state index in [-0.39, 0.29) is 6.42 Å². The normalized spacial score (nSPS) is 28.8. The van der Waals surface area contributed by atoms with Gasteiger partial charge in [-0.3, -0.25) is 0 Å². The van der Waals surface area contributed by atoms with Crippen molar-refractivity contribution in [3.63, 3.8) is 0 Å². The summed E-state index contributed by atoms with van der Waals surface area (Å²) in [4.78, 5) is 2.18. The number of hydrogen-bond donors (Lipinski definition) is 1. The second-order valence-electron chi connectivity index (χ2n) is 5.35. The van der Waals surface area contributed by atoms with Crippen LogP contribution >= 0.6 is 0 Å². The highest BCUT2D eigenvalue weighted by Crippen LogP contribution is 2.21.